The van der Waals surface area contributed by atoms with Gasteiger partial charge < -0.3 is 19.1 Å². The van der Waals surface area contributed by atoms with Gasteiger partial charge in [-0.2, -0.15) is 0 Å². The molecule has 6 nitrogen and oxygen atoms in total. The SMILES string of the molecule is C=CCOc1c(Br)cc(C2C(C(=O)OCC)=C(C)N=C3SC=CN32)cc1OCC. The lowest BCUT2D eigenvalue weighted by atomic mass is 9.94. The Kier molecular flexibility index (Phi) is 7.08. The number of thioether (sulfide) groups is 1. The Hall–Kier alpha value is -2.19. The summed E-state index contributed by atoms with van der Waals surface area (Å²) in [6.45, 7) is 10.4. The van der Waals surface area contributed by atoms with E-state index in [2.05, 4.69) is 27.5 Å². The summed E-state index contributed by atoms with van der Waals surface area (Å²) in [6.07, 6.45) is 3.60. The van der Waals surface area contributed by atoms with Gasteiger partial charge in [-0.05, 0) is 59.8 Å². The van der Waals surface area contributed by atoms with E-state index in [0.717, 1.165) is 15.2 Å². The van der Waals surface area contributed by atoms with Crippen LogP contribution in [0.5, 0.6) is 11.5 Å². The number of aliphatic imine (C=N–C) groups is 1. The van der Waals surface area contributed by atoms with Gasteiger partial charge in [0.1, 0.15) is 6.61 Å². The number of esters is 1. The molecule has 1 aromatic carbocycles. The molecular formula is C21H23BrN2O4S. The van der Waals surface area contributed by atoms with E-state index < -0.39 is 0 Å². The fraction of sp³-hybridized carbons (Fsp3) is 0.333. The summed E-state index contributed by atoms with van der Waals surface area (Å²) in [5.41, 5.74) is 2.03. The van der Waals surface area contributed by atoms with Crippen molar-refractivity contribution >= 4 is 38.8 Å². The van der Waals surface area contributed by atoms with Crippen molar-refractivity contribution in [2.75, 3.05) is 19.8 Å². The summed E-state index contributed by atoms with van der Waals surface area (Å²) < 4.78 is 17.7. The fourth-order valence-corrected chi connectivity index (χ4v) is 4.55. The van der Waals surface area contributed by atoms with Crippen LogP contribution in [0.2, 0.25) is 0 Å². The first-order valence-electron chi connectivity index (χ1n) is 9.29. The third-order valence-corrected chi connectivity index (χ3v) is 5.67. The van der Waals surface area contributed by atoms with Crippen LogP contribution >= 0.6 is 27.7 Å². The first-order valence-corrected chi connectivity index (χ1v) is 11.0. The van der Waals surface area contributed by atoms with Gasteiger partial charge in [-0.15, -0.1) is 0 Å². The number of benzene rings is 1. The van der Waals surface area contributed by atoms with E-state index in [1.165, 1.54) is 11.8 Å². The molecule has 0 N–H and O–H groups in total. The molecule has 0 aliphatic carbocycles. The molecule has 2 aliphatic heterocycles. The number of ether oxygens (including phenoxy) is 3. The monoisotopic (exact) mass is 478 g/mol. The molecule has 0 bridgehead atoms. The molecule has 0 saturated heterocycles. The standard InChI is InChI=1S/C21H23BrN2O4S/c1-5-9-28-19-15(22)11-14(12-16(19)26-6-2)18-17(20(25)27-7-3)13(4)23-21-24(18)8-10-29-21/h5,8,10-12,18H,1,6-7,9H2,2-4H3. The van der Waals surface area contributed by atoms with Gasteiger partial charge in [0.05, 0.1) is 35.0 Å². The maximum atomic E-state index is 12.8. The van der Waals surface area contributed by atoms with E-state index in [1.807, 2.05) is 42.5 Å². The lowest BCUT2D eigenvalue weighted by Crippen LogP contribution is -2.34. The minimum atomic E-state index is -0.378. The molecule has 154 valence electrons. The Morgan fingerprint density at radius 3 is 2.83 bits per heavy atom. The summed E-state index contributed by atoms with van der Waals surface area (Å²) >= 11 is 5.12. The second kappa shape index (κ2) is 9.54. The van der Waals surface area contributed by atoms with Crippen molar-refractivity contribution in [3.05, 3.63) is 57.7 Å². The highest BCUT2D eigenvalue weighted by atomic mass is 79.9. The predicted octanol–water partition coefficient (Wildman–Crippen LogP) is 5.18. The minimum absolute atomic E-state index is 0.297. The normalized spacial score (nSPS) is 17.7. The van der Waals surface area contributed by atoms with Crippen LogP contribution in [-0.2, 0) is 9.53 Å². The zero-order chi connectivity index (χ0) is 21.0. The van der Waals surface area contributed by atoms with Gasteiger partial charge in [-0.1, -0.05) is 24.4 Å². The first-order chi connectivity index (χ1) is 14.0. The molecule has 0 radical (unpaired) electrons. The van der Waals surface area contributed by atoms with Crippen molar-refractivity contribution < 1.29 is 19.0 Å². The van der Waals surface area contributed by atoms with Gasteiger partial charge in [0.25, 0.3) is 0 Å². The van der Waals surface area contributed by atoms with Crippen LogP contribution in [0.15, 0.2) is 57.1 Å². The van der Waals surface area contributed by atoms with Crippen LogP contribution in [-0.4, -0.2) is 35.9 Å². The second-order valence-corrected chi connectivity index (χ2v) is 7.92. The third kappa shape index (κ3) is 4.38. The van der Waals surface area contributed by atoms with Crippen molar-refractivity contribution in [1.82, 2.24) is 4.90 Å². The molecule has 2 heterocycles. The topological polar surface area (TPSA) is 60.4 Å². The van der Waals surface area contributed by atoms with Crippen molar-refractivity contribution in [1.29, 1.82) is 0 Å². The quantitative estimate of drug-likeness (QED) is 0.378. The van der Waals surface area contributed by atoms with Crippen LogP contribution < -0.4 is 9.47 Å². The van der Waals surface area contributed by atoms with Gasteiger partial charge in [-0.3, -0.25) is 0 Å². The summed E-state index contributed by atoms with van der Waals surface area (Å²) in [6, 6.07) is 3.47. The largest absolute Gasteiger partial charge is 0.490 e. The molecule has 1 aromatic rings. The van der Waals surface area contributed by atoms with Crippen molar-refractivity contribution in [2.45, 2.75) is 26.8 Å². The lowest BCUT2D eigenvalue weighted by Gasteiger charge is -2.33. The Balaban J connectivity index is 2.12. The number of carbonyl (C=O) groups excluding carboxylic acids is 1. The average molecular weight is 479 g/mol. The van der Waals surface area contributed by atoms with Crippen LogP contribution in [0.3, 0.4) is 0 Å². The second-order valence-electron chi connectivity index (χ2n) is 6.19. The van der Waals surface area contributed by atoms with E-state index in [1.54, 1.807) is 13.0 Å². The van der Waals surface area contributed by atoms with Gasteiger partial charge >= 0.3 is 5.97 Å². The molecule has 0 fully saturated rings. The molecule has 1 atom stereocenters. The first kappa shape index (κ1) is 21.5. The predicted molar refractivity (Wildman–Crippen MR) is 119 cm³/mol. The Labute approximate surface area is 183 Å². The van der Waals surface area contributed by atoms with E-state index in [9.17, 15) is 4.79 Å². The molecule has 0 aromatic heterocycles. The summed E-state index contributed by atoms with van der Waals surface area (Å²) in [7, 11) is 0. The number of allylic oxidation sites excluding steroid dienone is 1. The van der Waals surface area contributed by atoms with Gasteiger partial charge in [-0.25, -0.2) is 9.79 Å². The molecule has 0 spiro atoms. The summed E-state index contributed by atoms with van der Waals surface area (Å²) in [5, 5.41) is 2.77. The zero-order valence-electron chi connectivity index (χ0n) is 16.6. The zero-order valence-corrected chi connectivity index (χ0v) is 19.0. The van der Waals surface area contributed by atoms with Crippen LogP contribution in [0, 0.1) is 0 Å². The number of halogens is 1. The number of fused-ring (bicyclic) bond motifs is 1. The van der Waals surface area contributed by atoms with E-state index in [-0.39, 0.29) is 12.0 Å². The van der Waals surface area contributed by atoms with Crippen LogP contribution in [0.25, 0.3) is 0 Å². The van der Waals surface area contributed by atoms with E-state index in [4.69, 9.17) is 14.2 Å². The maximum Gasteiger partial charge on any atom is 0.338 e. The molecule has 1 unspecified atom stereocenters. The van der Waals surface area contributed by atoms with Crippen LogP contribution in [0.4, 0.5) is 0 Å². The lowest BCUT2D eigenvalue weighted by molar-refractivity contribution is -0.139. The highest BCUT2D eigenvalue weighted by molar-refractivity contribution is 9.10. The third-order valence-electron chi connectivity index (χ3n) is 4.31. The molecule has 29 heavy (non-hydrogen) atoms. The van der Waals surface area contributed by atoms with Crippen molar-refractivity contribution in [3.63, 3.8) is 0 Å². The molecule has 8 heteroatoms. The van der Waals surface area contributed by atoms with Gasteiger partial charge in [0, 0.05) is 6.20 Å². The maximum absolute atomic E-state index is 12.8. The highest BCUT2D eigenvalue weighted by Gasteiger charge is 2.38. The smallest absolute Gasteiger partial charge is 0.338 e. The Bertz CT molecular complexity index is 910. The number of carbonyl (C=O) groups is 1. The number of nitrogens with zero attached hydrogens (tertiary/aromatic N) is 2. The van der Waals surface area contributed by atoms with E-state index >= 15 is 0 Å². The number of hydrogen-bond acceptors (Lipinski definition) is 7. The van der Waals surface area contributed by atoms with Crippen LogP contribution in [0.1, 0.15) is 32.4 Å². The van der Waals surface area contributed by atoms with Gasteiger partial charge in [0.2, 0.25) is 0 Å². The Morgan fingerprint density at radius 2 is 2.14 bits per heavy atom. The molecule has 0 saturated carbocycles. The molecule has 2 aliphatic rings. The minimum Gasteiger partial charge on any atom is -0.490 e. The highest BCUT2D eigenvalue weighted by Crippen LogP contribution is 2.45. The average Bonchev–Trinajstić information content (AvgIpc) is 3.14. The van der Waals surface area contributed by atoms with Gasteiger partial charge in [0.15, 0.2) is 16.7 Å². The molecule has 3 rings (SSSR count). The number of hydrogen-bond donors (Lipinski definition) is 0. The summed E-state index contributed by atoms with van der Waals surface area (Å²) in [5.74, 6) is 0.827. The van der Waals surface area contributed by atoms with E-state index in [0.29, 0.717) is 42.6 Å². The number of amidine groups is 1. The Morgan fingerprint density at radius 1 is 1.34 bits per heavy atom. The molecule has 0 amide bonds. The summed E-state index contributed by atoms with van der Waals surface area (Å²) in [4.78, 5) is 19.4. The number of rotatable bonds is 8. The van der Waals surface area contributed by atoms with Crippen molar-refractivity contribution in [3.8, 4) is 11.5 Å². The van der Waals surface area contributed by atoms with Crippen molar-refractivity contribution in [2.24, 2.45) is 4.99 Å². The molecular weight excluding hydrogens is 456 g/mol. The fourth-order valence-electron chi connectivity index (χ4n) is 3.19.